The lowest BCUT2D eigenvalue weighted by molar-refractivity contribution is -0.128. The molecule has 1 aromatic heterocycles. The molecule has 2 atom stereocenters. The van der Waals surface area contributed by atoms with Crippen molar-refractivity contribution in [2.24, 2.45) is 30.2 Å². The van der Waals surface area contributed by atoms with Gasteiger partial charge in [-0.1, -0.05) is 25.5 Å². The summed E-state index contributed by atoms with van der Waals surface area (Å²) in [6.45, 7) is 3.70. The first-order valence-electron chi connectivity index (χ1n) is 15.0. The largest absolute Gasteiger partial charge is 0.354 e. The quantitative estimate of drug-likeness (QED) is 0.344. The van der Waals surface area contributed by atoms with E-state index in [2.05, 4.69) is 33.3 Å². The molecule has 1 aliphatic heterocycles. The fourth-order valence-corrected chi connectivity index (χ4v) is 6.84. The van der Waals surface area contributed by atoms with Crippen molar-refractivity contribution in [3.05, 3.63) is 47.8 Å². The third kappa shape index (κ3) is 5.40. The molecule has 0 radical (unpaired) electrons. The molecule has 3 amide bonds. The summed E-state index contributed by atoms with van der Waals surface area (Å²) < 4.78 is 1.53. The molecule has 9 nitrogen and oxygen atoms in total. The standard InChI is InChI=1S/C31H42N6O3/c1-30(13-4-14-30)19-32-29(40)31(15-5-16-33-31)22-6-3-7-23(18-22)35-28(39)26(25(20-8-9-20)21-10-11-21)36-27(38)24-12-17-34-37(24)2/h3,6-7,12,17-18,20-21,25-26,33H,4-5,8-11,13-16,19H2,1-2H3,(H,32,40)(H,35,39)(H,36,38)/t26-,31?/m0/s1. The van der Waals surface area contributed by atoms with Gasteiger partial charge in [0.15, 0.2) is 0 Å². The van der Waals surface area contributed by atoms with Crippen LogP contribution in [0.4, 0.5) is 5.69 Å². The number of hydrogen-bond acceptors (Lipinski definition) is 5. The van der Waals surface area contributed by atoms with E-state index in [4.69, 9.17) is 0 Å². The van der Waals surface area contributed by atoms with Crippen LogP contribution in [0.2, 0.25) is 0 Å². The van der Waals surface area contributed by atoms with Gasteiger partial charge in [-0.15, -0.1) is 0 Å². The van der Waals surface area contributed by atoms with Crippen molar-refractivity contribution < 1.29 is 14.4 Å². The highest BCUT2D eigenvalue weighted by Gasteiger charge is 2.49. The molecule has 214 valence electrons. The molecule has 9 heteroatoms. The maximum absolute atomic E-state index is 13.9. The Labute approximate surface area is 236 Å². The van der Waals surface area contributed by atoms with Gasteiger partial charge < -0.3 is 16.0 Å². The number of amides is 3. The molecule has 1 aromatic carbocycles. The second-order valence-corrected chi connectivity index (χ2v) is 12.9. The fraction of sp³-hybridized carbons (Fsp3) is 0.613. The first-order valence-corrected chi connectivity index (χ1v) is 15.0. The van der Waals surface area contributed by atoms with Gasteiger partial charge in [0.05, 0.1) is 0 Å². The fourth-order valence-electron chi connectivity index (χ4n) is 6.84. The summed E-state index contributed by atoms with van der Waals surface area (Å²) in [6.07, 6.45) is 11.1. The van der Waals surface area contributed by atoms with Crippen LogP contribution in [0.5, 0.6) is 0 Å². The van der Waals surface area contributed by atoms with Crippen molar-refractivity contribution in [2.45, 2.75) is 76.3 Å². The second kappa shape index (κ2) is 10.7. The molecule has 3 aliphatic carbocycles. The number of rotatable bonds is 11. The average Bonchev–Trinajstić information content (AvgIpc) is 3.85. The van der Waals surface area contributed by atoms with Gasteiger partial charge in [-0.3, -0.25) is 24.4 Å². The van der Waals surface area contributed by atoms with E-state index in [1.807, 2.05) is 24.3 Å². The van der Waals surface area contributed by atoms with Crippen molar-refractivity contribution in [2.75, 3.05) is 18.4 Å². The molecule has 2 aromatic rings. The molecule has 4 aliphatic rings. The number of anilines is 1. The zero-order valence-electron chi connectivity index (χ0n) is 23.7. The van der Waals surface area contributed by atoms with Gasteiger partial charge >= 0.3 is 0 Å². The topological polar surface area (TPSA) is 117 Å². The molecule has 0 bridgehead atoms. The first kappa shape index (κ1) is 27.0. The van der Waals surface area contributed by atoms with Crippen molar-refractivity contribution in [1.82, 2.24) is 25.7 Å². The zero-order chi connectivity index (χ0) is 27.9. The number of carbonyl (C=O) groups is 3. The molecule has 4 N–H and O–H groups in total. The molecular weight excluding hydrogens is 504 g/mol. The molecule has 2 heterocycles. The Balaban J connectivity index is 1.21. The first-order chi connectivity index (χ1) is 19.3. The van der Waals surface area contributed by atoms with Crippen LogP contribution in [0.15, 0.2) is 36.5 Å². The number of hydrogen-bond donors (Lipinski definition) is 4. The van der Waals surface area contributed by atoms with Crippen LogP contribution in [0.1, 0.15) is 80.8 Å². The van der Waals surface area contributed by atoms with Gasteiger partial charge in [0.1, 0.15) is 17.3 Å². The SMILES string of the molecule is Cn1nccc1C(=O)N[C@H](C(=O)Nc1cccc(C2(C(=O)NCC3(C)CCC3)CCCN2)c1)C(C1CC1)C1CC1. The van der Waals surface area contributed by atoms with Crippen molar-refractivity contribution in [3.8, 4) is 0 Å². The number of nitrogens with one attached hydrogen (secondary N) is 4. The lowest BCUT2D eigenvalue weighted by Gasteiger charge is -2.39. The molecule has 3 saturated carbocycles. The Kier molecular flexibility index (Phi) is 7.19. The Morgan fingerprint density at radius 1 is 1.07 bits per heavy atom. The number of carbonyl (C=O) groups excluding carboxylic acids is 3. The smallest absolute Gasteiger partial charge is 0.270 e. The Morgan fingerprint density at radius 2 is 1.82 bits per heavy atom. The third-order valence-corrected chi connectivity index (χ3v) is 9.74. The van der Waals surface area contributed by atoms with Crippen LogP contribution in [0.25, 0.3) is 0 Å². The summed E-state index contributed by atoms with van der Waals surface area (Å²) >= 11 is 0. The Bertz CT molecular complexity index is 1260. The van der Waals surface area contributed by atoms with Crippen LogP contribution in [0, 0.1) is 23.2 Å². The minimum atomic E-state index is -0.807. The second-order valence-electron chi connectivity index (χ2n) is 12.9. The van der Waals surface area contributed by atoms with E-state index < -0.39 is 11.6 Å². The van der Waals surface area contributed by atoms with Crippen molar-refractivity contribution in [1.29, 1.82) is 0 Å². The van der Waals surface area contributed by atoms with E-state index in [0.717, 1.165) is 57.1 Å². The maximum Gasteiger partial charge on any atom is 0.270 e. The van der Waals surface area contributed by atoms with Crippen LogP contribution in [0.3, 0.4) is 0 Å². The zero-order valence-corrected chi connectivity index (χ0v) is 23.7. The summed E-state index contributed by atoms with van der Waals surface area (Å²) in [5.74, 6) is 0.577. The van der Waals surface area contributed by atoms with E-state index in [1.165, 1.54) is 11.1 Å². The minimum absolute atomic E-state index is 0.00505. The van der Waals surface area contributed by atoms with Gasteiger partial charge in [0.2, 0.25) is 11.8 Å². The number of aromatic nitrogens is 2. The Morgan fingerprint density at radius 3 is 2.40 bits per heavy atom. The van der Waals surface area contributed by atoms with Crippen molar-refractivity contribution in [3.63, 3.8) is 0 Å². The molecule has 40 heavy (non-hydrogen) atoms. The number of nitrogens with zero attached hydrogens (tertiary/aromatic N) is 2. The highest BCUT2D eigenvalue weighted by molar-refractivity contribution is 6.01. The summed E-state index contributed by atoms with van der Waals surface area (Å²) in [5, 5.41) is 17.0. The lowest BCUT2D eigenvalue weighted by Crippen LogP contribution is -2.53. The molecule has 1 saturated heterocycles. The average molecular weight is 547 g/mol. The predicted octanol–water partition coefficient (Wildman–Crippen LogP) is 3.48. The van der Waals surface area contributed by atoms with Gasteiger partial charge in [-0.2, -0.15) is 5.10 Å². The molecule has 6 rings (SSSR count). The molecule has 4 fully saturated rings. The van der Waals surface area contributed by atoms with Gasteiger partial charge in [-0.05, 0) is 105 Å². The van der Waals surface area contributed by atoms with E-state index in [1.54, 1.807) is 19.3 Å². The number of benzene rings is 1. The monoisotopic (exact) mass is 546 g/mol. The molecule has 0 spiro atoms. The van der Waals surface area contributed by atoms with Gasteiger partial charge in [-0.25, -0.2) is 0 Å². The molecule has 1 unspecified atom stereocenters. The normalized spacial score (nSPS) is 24.3. The Hall–Kier alpha value is -3.20. The minimum Gasteiger partial charge on any atom is -0.354 e. The van der Waals surface area contributed by atoms with E-state index in [9.17, 15) is 14.4 Å². The van der Waals surface area contributed by atoms with Crippen LogP contribution >= 0.6 is 0 Å². The summed E-state index contributed by atoms with van der Waals surface area (Å²) in [6, 6.07) is 8.69. The predicted molar refractivity (Wildman–Crippen MR) is 152 cm³/mol. The van der Waals surface area contributed by atoms with Gasteiger partial charge in [0, 0.05) is 25.5 Å². The van der Waals surface area contributed by atoms with E-state index in [-0.39, 0.29) is 29.1 Å². The summed E-state index contributed by atoms with van der Waals surface area (Å²) in [5.41, 5.74) is 1.31. The van der Waals surface area contributed by atoms with Gasteiger partial charge in [0.25, 0.3) is 5.91 Å². The van der Waals surface area contributed by atoms with Crippen LogP contribution < -0.4 is 21.3 Å². The van der Waals surface area contributed by atoms with Crippen LogP contribution in [-0.4, -0.2) is 46.6 Å². The lowest BCUT2D eigenvalue weighted by atomic mass is 9.70. The van der Waals surface area contributed by atoms with Crippen molar-refractivity contribution >= 4 is 23.4 Å². The third-order valence-electron chi connectivity index (χ3n) is 9.74. The molecular formula is C31H42N6O3. The summed E-state index contributed by atoms with van der Waals surface area (Å²) in [4.78, 5) is 40.6. The highest BCUT2D eigenvalue weighted by atomic mass is 16.2. The number of aryl methyl sites for hydroxylation is 1. The maximum atomic E-state index is 13.9. The highest BCUT2D eigenvalue weighted by Crippen LogP contribution is 2.51. The van der Waals surface area contributed by atoms with E-state index >= 15 is 0 Å². The van der Waals surface area contributed by atoms with Crippen LogP contribution in [-0.2, 0) is 22.2 Å². The van der Waals surface area contributed by atoms with E-state index in [0.29, 0.717) is 36.2 Å². The summed E-state index contributed by atoms with van der Waals surface area (Å²) in [7, 11) is 1.73.